The van der Waals surface area contributed by atoms with Crippen LogP contribution in [0.5, 0.6) is 5.75 Å². The number of phenolic OH excluding ortho intramolecular Hbond substituents is 1. The molecule has 0 unspecified atom stereocenters. The van der Waals surface area contributed by atoms with Crippen molar-refractivity contribution < 1.29 is 19.0 Å². The van der Waals surface area contributed by atoms with Gasteiger partial charge in [0.2, 0.25) is 0 Å². The van der Waals surface area contributed by atoms with E-state index in [1.54, 1.807) is 6.07 Å². The van der Waals surface area contributed by atoms with E-state index < -0.39 is 11.7 Å². The topological polar surface area (TPSA) is 87.2 Å². The Labute approximate surface area is 126 Å². The van der Waals surface area contributed by atoms with Gasteiger partial charge in [0.25, 0.3) is 5.91 Å². The quantitative estimate of drug-likeness (QED) is 0.812. The number of hydrogen-bond donors (Lipinski definition) is 3. The largest absolute Gasteiger partial charge is 0.507 e. The fourth-order valence-corrected chi connectivity index (χ4v) is 2.49. The number of aromatic nitrogens is 2. The van der Waals surface area contributed by atoms with Crippen molar-refractivity contribution in [1.82, 2.24) is 10.2 Å². The number of carbonyl (C=O) groups is 1. The van der Waals surface area contributed by atoms with Crippen molar-refractivity contribution in [3.63, 3.8) is 0 Å². The average molecular weight is 305 g/mol. The van der Waals surface area contributed by atoms with Gasteiger partial charge in [-0.15, -0.1) is 0 Å². The number of amides is 1. The molecule has 1 saturated heterocycles. The van der Waals surface area contributed by atoms with Gasteiger partial charge in [0.15, 0.2) is 5.82 Å². The lowest BCUT2D eigenvalue weighted by Gasteiger charge is -2.20. The average Bonchev–Trinajstić information content (AvgIpc) is 2.99. The van der Waals surface area contributed by atoms with E-state index in [-0.39, 0.29) is 11.3 Å². The third kappa shape index (κ3) is 3.09. The normalized spacial score (nSPS) is 15.7. The summed E-state index contributed by atoms with van der Waals surface area (Å²) in [4.78, 5) is 12.1. The van der Waals surface area contributed by atoms with Crippen LogP contribution in [0.3, 0.4) is 0 Å². The number of benzene rings is 1. The van der Waals surface area contributed by atoms with Crippen LogP contribution < -0.4 is 5.32 Å². The number of nitrogens with one attached hydrogen (secondary N) is 2. The molecule has 1 amide bonds. The molecule has 0 bridgehead atoms. The summed E-state index contributed by atoms with van der Waals surface area (Å²) in [5.74, 6) is -0.807. The molecule has 1 aromatic carbocycles. The van der Waals surface area contributed by atoms with Crippen molar-refractivity contribution in [2.45, 2.75) is 18.8 Å². The minimum atomic E-state index is -0.609. The number of nitrogens with zero attached hydrogens (tertiary/aromatic N) is 1. The van der Waals surface area contributed by atoms with Crippen LogP contribution in [0.2, 0.25) is 0 Å². The third-order valence-electron chi connectivity index (χ3n) is 3.70. The van der Waals surface area contributed by atoms with Gasteiger partial charge in [0.05, 0.1) is 5.56 Å². The molecule has 1 fully saturated rings. The predicted molar refractivity (Wildman–Crippen MR) is 77.4 cm³/mol. The zero-order valence-corrected chi connectivity index (χ0v) is 11.8. The number of hydrogen-bond acceptors (Lipinski definition) is 4. The van der Waals surface area contributed by atoms with Crippen molar-refractivity contribution >= 4 is 11.7 Å². The number of aromatic hydroxyl groups is 1. The maximum absolute atomic E-state index is 13.2. The Bertz CT molecular complexity index is 680. The molecule has 0 aliphatic carbocycles. The maximum Gasteiger partial charge on any atom is 0.260 e. The molecule has 0 radical (unpaired) electrons. The van der Waals surface area contributed by atoms with Gasteiger partial charge >= 0.3 is 0 Å². The first-order valence-corrected chi connectivity index (χ1v) is 7.06. The summed E-state index contributed by atoms with van der Waals surface area (Å²) in [6.45, 7) is 1.42. The van der Waals surface area contributed by atoms with Crippen LogP contribution in [-0.2, 0) is 4.74 Å². The van der Waals surface area contributed by atoms with E-state index in [0.29, 0.717) is 24.9 Å². The van der Waals surface area contributed by atoms with Crippen molar-refractivity contribution in [2.24, 2.45) is 0 Å². The standard InChI is InChI=1S/C15H16FN3O3/c16-10-1-2-13(20)11(7-10)15(21)17-14-8-12(18-19-14)9-3-5-22-6-4-9/h1-2,7-9,20H,3-6H2,(H2,17,18,19,21). The molecule has 6 nitrogen and oxygen atoms in total. The number of carbonyl (C=O) groups excluding carboxylic acids is 1. The van der Waals surface area contributed by atoms with Gasteiger partial charge in [-0.1, -0.05) is 0 Å². The Morgan fingerprint density at radius 1 is 1.36 bits per heavy atom. The summed E-state index contributed by atoms with van der Waals surface area (Å²) in [6, 6.07) is 4.97. The zero-order valence-electron chi connectivity index (χ0n) is 11.8. The summed E-state index contributed by atoms with van der Waals surface area (Å²) in [6.07, 6.45) is 1.81. The number of rotatable bonds is 3. The highest BCUT2D eigenvalue weighted by atomic mass is 19.1. The molecule has 1 aliphatic heterocycles. The minimum Gasteiger partial charge on any atom is -0.507 e. The van der Waals surface area contributed by atoms with Crippen LogP contribution in [0.4, 0.5) is 10.2 Å². The molecule has 0 spiro atoms. The molecule has 2 heterocycles. The Hall–Kier alpha value is -2.41. The minimum absolute atomic E-state index is 0.129. The fourth-order valence-electron chi connectivity index (χ4n) is 2.49. The summed E-state index contributed by atoms with van der Waals surface area (Å²) >= 11 is 0. The molecular weight excluding hydrogens is 289 g/mol. The SMILES string of the molecule is O=C(Nc1cc(C2CCOCC2)[nH]n1)c1cc(F)ccc1O. The number of H-pyrrole nitrogens is 1. The lowest BCUT2D eigenvalue weighted by molar-refractivity contribution is 0.0845. The highest BCUT2D eigenvalue weighted by Crippen LogP contribution is 2.27. The second-order valence-corrected chi connectivity index (χ2v) is 5.21. The highest BCUT2D eigenvalue weighted by molar-refractivity contribution is 6.05. The Morgan fingerprint density at radius 2 is 2.14 bits per heavy atom. The highest BCUT2D eigenvalue weighted by Gasteiger charge is 2.19. The third-order valence-corrected chi connectivity index (χ3v) is 3.70. The van der Waals surface area contributed by atoms with E-state index >= 15 is 0 Å². The first kappa shape index (κ1) is 14.5. The zero-order chi connectivity index (χ0) is 15.5. The molecular formula is C15H16FN3O3. The van der Waals surface area contributed by atoms with Crippen LogP contribution in [0.1, 0.15) is 34.8 Å². The summed E-state index contributed by atoms with van der Waals surface area (Å²) in [5, 5.41) is 19.1. The van der Waals surface area contributed by atoms with Gasteiger partial charge in [0.1, 0.15) is 11.6 Å². The number of halogens is 1. The van der Waals surface area contributed by atoms with Crippen molar-refractivity contribution in [1.29, 1.82) is 0 Å². The fraction of sp³-hybridized carbons (Fsp3) is 0.333. The summed E-state index contributed by atoms with van der Waals surface area (Å²) in [7, 11) is 0. The van der Waals surface area contributed by atoms with Crippen LogP contribution >= 0.6 is 0 Å². The lowest BCUT2D eigenvalue weighted by atomic mass is 9.97. The number of aromatic amines is 1. The van der Waals surface area contributed by atoms with Gasteiger partial charge in [-0.2, -0.15) is 5.10 Å². The van der Waals surface area contributed by atoms with Gasteiger partial charge in [-0.25, -0.2) is 4.39 Å². The van der Waals surface area contributed by atoms with Crippen molar-refractivity contribution in [2.75, 3.05) is 18.5 Å². The van der Waals surface area contributed by atoms with Gasteiger partial charge in [-0.05, 0) is 31.0 Å². The summed E-state index contributed by atoms with van der Waals surface area (Å²) in [5.41, 5.74) is 0.803. The number of anilines is 1. The second kappa shape index (κ2) is 6.15. The smallest absolute Gasteiger partial charge is 0.260 e. The van der Waals surface area contributed by atoms with Crippen LogP contribution in [-0.4, -0.2) is 34.4 Å². The first-order chi connectivity index (χ1) is 10.6. The van der Waals surface area contributed by atoms with Crippen LogP contribution in [0, 0.1) is 5.82 Å². The predicted octanol–water partition coefficient (Wildman–Crippen LogP) is 2.40. The number of phenols is 1. The van der Waals surface area contributed by atoms with Crippen LogP contribution in [0.15, 0.2) is 24.3 Å². The van der Waals surface area contributed by atoms with E-state index in [1.165, 1.54) is 0 Å². The lowest BCUT2D eigenvalue weighted by Crippen LogP contribution is -2.14. The molecule has 7 heteroatoms. The first-order valence-electron chi connectivity index (χ1n) is 7.06. The molecule has 0 saturated carbocycles. The van der Waals surface area contributed by atoms with Gasteiger partial charge < -0.3 is 15.2 Å². The van der Waals surface area contributed by atoms with E-state index in [9.17, 15) is 14.3 Å². The van der Waals surface area contributed by atoms with Crippen molar-refractivity contribution in [3.05, 3.63) is 41.3 Å². The molecule has 116 valence electrons. The van der Waals surface area contributed by atoms with E-state index in [0.717, 1.165) is 36.7 Å². The van der Waals surface area contributed by atoms with E-state index in [4.69, 9.17) is 4.74 Å². The molecule has 1 aromatic heterocycles. The maximum atomic E-state index is 13.2. The number of ether oxygens (including phenoxy) is 1. The Morgan fingerprint density at radius 3 is 2.91 bits per heavy atom. The molecule has 2 aromatic rings. The van der Waals surface area contributed by atoms with Gasteiger partial charge in [0, 0.05) is 30.9 Å². The summed E-state index contributed by atoms with van der Waals surface area (Å²) < 4.78 is 18.5. The second-order valence-electron chi connectivity index (χ2n) is 5.21. The molecule has 3 N–H and O–H groups in total. The molecule has 1 aliphatic rings. The molecule has 22 heavy (non-hydrogen) atoms. The molecule has 0 atom stereocenters. The van der Waals surface area contributed by atoms with Crippen LogP contribution in [0.25, 0.3) is 0 Å². The van der Waals surface area contributed by atoms with E-state index in [1.807, 2.05) is 0 Å². The van der Waals surface area contributed by atoms with Crippen molar-refractivity contribution in [3.8, 4) is 5.75 Å². The van der Waals surface area contributed by atoms with E-state index in [2.05, 4.69) is 15.5 Å². The monoisotopic (exact) mass is 305 g/mol. The molecule has 3 rings (SSSR count). The Kier molecular flexibility index (Phi) is 4.06. The van der Waals surface area contributed by atoms with Gasteiger partial charge in [-0.3, -0.25) is 9.89 Å². The Balaban J connectivity index is 1.71.